The Morgan fingerprint density at radius 2 is 0.971 bits per heavy atom. The maximum atomic E-state index is 13.2. The standard InChI is InChI=1S/C26H32N4O4/c1-5-29(6-2)15-23(31)27-17-9-11-19-21(13-17)25(33)20-12-10-18(14-22(20)26(19)34)28-24(32)16-30(7-3)8-4/h9-14H,5-8,15-16H2,1-4H3,(H,27,31)(H,28,32). The third-order valence-corrected chi connectivity index (χ3v) is 6.11. The summed E-state index contributed by atoms with van der Waals surface area (Å²) >= 11 is 0. The normalized spacial score (nSPS) is 12.5. The molecule has 2 N–H and O–H groups in total. The monoisotopic (exact) mass is 464 g/mol. The van der Waals surface area contributed by atoms with Crippen LogP contribution in [0.5, 0.6) is 0 Å². The zero-order valence-electron chi connectivity index (χ0n) is 20.2. The molecule has 2 aromatic carbocycles. The van der Waals surface area contributed by atoms with Crippen LogP contribution in [0.15, 0.2) is 36.4 Å². The number of ketones is 2. The number of nitrogens with one attached hydrogen (secondary N) is 2. The fraction of sp³-hybridized carbons (Fsp3) is 0.385. The van der Waals surface area contributed by atoms with E-state index in [4.69, 9.17) is 0 Å². The minimum atomic E-state index is -0.287. The van der Waals surface area contributed by atoms with Crippen LogP contribution in [0, 0.1) is 0 Å². The van der Waals surface area contributed by atoms with Crippen LogP contribution in [0.1, 0.15) is 59.5 Å². The molecule has 2 amide bonds. The van der Waals surface area contributed by atoms with E-state index in [-0.39, 0.29) is 58.7 Å². The molecule has 0 fully saturated rings. The zero-order chi connectivity index (χ0) is 24.8. The van der Waals surface area contributed by atoms with E-state index in [1.165, 1.54) is 0 Å². The number of hydrogen-bond acceptors (Lipinski definition) is 6. The van der Waals surface area contributed by atoms with Gasteiger partial charge in [-0.2, -0.15) is 0 Å². The van der Waals surface area contributed by atoms with Crippen molar-refractivity contribution in [3.8, 4) is 0 Å². The van der Waals surface area contributed by atoms with Crippen LogP contribution in [-0.4, -0.2) is 72.4 Å². The average Bonchev–Trinajstić information content (AvgIpc) is 2.84. The highest BCUT2D eigenvalue weighted by Crippen LogP contribution is 2.31. The summed E-state index contributed by atoms with van der Waals surface area (Å²) in [7, 11) is 0. The summed E-state index contributed by atoms with van der Waals surface area (Å²) in [5.74, 6) is -0.927. The van der Waals surface area contributed by atoms with Crippen LogP contribution in [0.2, 0.25) is 0 Å². The topological polar surface area (TPSA) is 98.8 Å². The maximum absolute atomic E-state index is 13.2. The van der Waals surface area contributed by atoms with Gasteiger partial charge in [-0.15, -0.1) is 0 Å². The molecule has 0 unspecified atom stereocenters. The maximum Gasteiger partial charge on any atom is 0.238 e. The molecule has 0 radical (unpaired) electrons. The summed E-state index contributed by atoms with van der Waals surface area (Å²) < 4.78 is 0. The van der Waals surface area contributed by atoms with E-state index >= 15 is 0 Å². The molecule has 0 aliphatic heterocycles. The third-order valence-electron chi connectivity index (χ3n) is 6.11. The zero-order valence-corrected chi connectivity index (χ0v) is 20.2. The van der Waals surface area contributed by atoms with Gasteiger partial charge in [0.25, 0.3) is 0 Å². The highest BCUT2D eigenvalue weighted by molar-refractivity contribution is 6.29. The molecule has 0 saturated heterocycles. The van der Waals surface area contributed by atoms with Gasteiger partial charge in [0.05, 0.1) is 13.1 Å². The molecule has 0 spiro atoms. The van der Waals surface area contributed by atoms with Crippen LogP contribution in [0.25, 0.3) is 0 Å². The molecule has 0 aromatic heterocycles. The second-order valence-corrected chi connectivity index (χ2v) is 8.20. The lowest BCUT2D eigenvalue weighted by atomic mass is 9.83. The van der Waals surface area contributed by atoms with Crippen LogP contribution >= 0.6 is 0 Å². The minimum Gasteiger partial charge on any atom is -0.325 e. The van der Waals surface area contributed by atoms with Gasteiger partial charge < -0.3 is 10.6 Å². The molecular formula is C26H32N4O4. The van der Waals surface area contributed by atoms with E-state index in [0.29, 0.717) is 11.4 Å². The second kappa shape index (κ2) is 11.2. The Balaban J connectivity index is 1.79. The molecule has 8 nitrogen and oxygen atoms in total. The Kier molecular flexibility index (Phi) is 8.31. The molecule has 0 heterocycles. The fourth-order valence-electron chi connectivity index (χ4n) is 4.01. The van der Waals surface area contributed by atoms with Crippen LogP contribution in [-0.2, 0) is 9.59 Å². The predicted octanol–water partition coefficient (Wildman–Crippen LogP) is 3.02. The smallest absolute Gasteiger partial charge is 0.238 e. The lowest BCUT2D eigenvalue weighted by Crippen LogP contribution is -2.33. The SMILES string of the molecule is CCN(CC)CC(=O)Nc1ccc2c(c1)C(=O)c1ccc(NC(=O)CN(CC)CC)cc1C2=O. The first-order valence-electron chi connectivity index (χ1n) is 11.7. The summed E-state index contributed by atoms with van der Waals surface area (Å²) in [5, 5.41) is 5.62. The van der Waals surface area contributed by atoms with Crippen molar-refractivity contribution in [3.63, 3.8) is 0 Å². The van der Waals surface area contributed by atoms with Crippen molar-refractivity contribution in [1.29, 1.82) is 0 Å². The first-order chi connectivity index (χ1) is 16.3. The highest BCUT2D eigenvalue weighted by Gasteiger charge is 2.30. The molecule has 0 atom stereocenters. The fourth-order valence-corrected chi connectivity index (χ4v) is 4.01. The summed E-state index contributed by atoms with van der Waals surface area (Å²) in [6.45, 7) is 11.5. The largest absolute Gasteiger partial charge is 0.325 e. The molecule has 0 saturated carbocycles. The predicted molar refractivity (Wildman–Crippen MR) is 133 cm³/mol. The molecule has 2 aromatic rings. The van der Waals surface area contributed by atoms with Crippen LogP contribution < -0.4 is 10.6 Å². The highest BCUT2D eigenvalue weighted by atomic mass is 16.2. The van der Waals surface area contributed by atoms with Gasteiger partial charge in [-0.05, 0) is 62.6 Å². The molecule has 180 valence electrons. The van der Waals surface area contributed by atoms with E-state index in [0.717, 1.165) is 26.2 Å². The first kappa shape index (κ1) is 25.3. The number of rotatable bonds is 10. The minimum absolute atomic E-state index is 0.177. The molecule has 34 heavy (non-hydrogen) atoms. The van der Waals surface area contributed by atoms with E-state index in [2.05, 4.69) is 10.6 Å². The number of benzene rings is 2. The van der Waals surface area contributed by atoms with Crippen molar-refractivity contribution >= 4 is 34.8 Å². The van der Waals surface area contributed by atoms with Crippen molar-refractivity contribution in [2.45, 2.75) is 27.7 Å². The van der Waals surface area contributed by atoms with Gasteiger partial charge in [0.1, 0.15) is 0 Å². The summed E-state index contributed by atoms with van der Waals surface area (Å²) in [6, 6.07) is 9.50. The summed E-state index contributed by atoms with van der Waals surface area (Å²) in [6.07, 6.45) is 0. The molecule has 0 bridgehead atoms. The van der Waals surface area contributed by atoms with Crippen molar-refractivity contribution in [3.05, 3.63) is 58.7 Å². The van der Waals surface area contributed by atoms with E-state index < -0.39 is 0 Å². The van der Waals surface area contributed by atoms with Gasteiger partial charge in [0, 0.05) is 33.6 Å². The van der Waals surface area contributed by atoms with Crippen molar-refractivity contribution in [1.82, 2.24) is 9.80 Å². The van der Waals surface area contributed by atoms with Gasteiger partial charge in [-0.3, -0.25) is 29.0 Å². The third kappa shape index (κ3) is 5.58. The van der Waals surface area contributed by atoms with Gasteiger partial charge in [0.15, 0.2) is 11.6 Å². The first-order valence-corrected chi connectivity index (χ1v) is 11.7. The average molecular weight is 465 g/mol. The number of carbonyl (C=O) groups excluding carboxylic acids is 4. The van der Waals surface area contributed by atoms with Crippen LogP contribution in [0.4, 0.5) is 11.4 Å². The van der Waals surface area contributed by atoms with Crippen molar-refractivity contribution in [2.75, 3.05) is 49.9 Å². The summed E-state index contributed by atoms with van der Waals surface area (Å²) in [4.78, 5) is 55.0. The van der Waals surface area contributed by atoms with E-state index in [9.17, 15) is 19.2 Å². The van der Waals surface area contributed by atoms with Gasteiger partial charge >= 0.3 is 0 Å². The summed E-state index contributed by atoms with van der Waals surface area (Å²) in [5.41, 5.74) is 2.03. The Labute approximate surface area is 200 Å². The van der Waals surface area contributed by atoms with Gasteiger partial charge in [-0.25, -0.2) is 0 Å². The Morgan fingerprint density at radius 1 is 0.618 bits per heavy atom. The quantitative estimate of drug-likeness (QED) is 0.479. The van der Waals surface area contributed by atoms with E-state index in [1.54, 1.807) is 36.4 Å². The Bertz CT molecular complexity index is 1020. The van der Waals surface area contributed by atoms with E-state index in [1.807, 2.05) is 37.5 Å². The number of fused-ring (bicyclic) bond motifs is 2. The number of likely N-dealkylation sites (N-methyl/N-ethyl adjacent to an activating group) is 2. The number of hydrogen-bond donors (Lipinski definition) is 2. The molecular weight excluding hydrogens is 432 g/mol. The molecule has 8 heteroatoms. The number of anilines is 2. The number of amides is 2. The Morgan fingerprint density at radius 3 is 1.29 bits per heavy atom. The lowest BCUT2D eigenvalue weighted by Gasteiger charge is -2.21. The second-order valence-electron chi connectivity index (χ2n) is 8.20. The molecule has 1 aliphatic rings. The van der Waals surface area contributed by atoms with Gasteiger partial charge in [-0.1, -0.05) is 27.7 Å². The Hall–Kier alpha value is -3.36. The molecule has 1 aliphatic carbocycles. The number of nitrogens with zero attached hydrogens (tertiary/aromatic N) is 2. The van der Waals surface area contributed by atoms with Crippen molar-refractivity contribution in [2.24, 2.45) is 0 Å². The number of carbonyl (C=O) groups is 4. The van der Waals surface area contributed by atoms with Crippen LogP contribution in [0.3, 0.4) is 0 Å². The van der Waals surface area contributed by atoms with Crippen molar-refractivity contribution < 1.29 is 19.2 Å². The molecule has 3 rings (SSSR count). The van der Waals surface area contributed by atoms with Gasteiger partial charge in [0.2, 0.25) is 11.8 Å². The lowest BCUT2D eigenvalue weighted by molar-refractivity contribution is -0.118.